The summed E-state index contributed by atoms with van der Waals surface area (Å²) >= 11 is -2.24. The molecule has 5 rings (SSSR count). The summed E-state index contributed by atoms with van der Waals surface area (Å²) in [6.45, 7) is 0. The molecule has 0 aliphatic heterocycles. The van der Waals surface area contributed by atoms with Gasteiger partial charge in [-0.15, -0.1) is 0 Å². The minimum atomic E-state index is -2.24. The van der Waals surface area contributed by atoms with Crippen LogP contribution in [0.4, 0.5) is 0 Å². The molecule has 1 heteroatoms. The Balaban J connectivity index is 1.69. The molecule has 1 radical (unpaired) electrons. The third-order valence-electron chi connectivity index (χ3n) is 5.55. The number of benzene rings is 3. The second-order valence-corrected chi connectivity index (χ2v) is 14.5. The summed E-state index contributed by atoms with van der Waals surface area (Å²) in [5.74, 6) is 0.418. The monoisotopic (exact) mass is 453 g/mol. The molecule has 0 N–H and O–H groups in total. The zero-order valence-corrected chi connectivity index (χ0v) is 18.0. The summed E-state index contributed by atoms with van der Waals surface area (Å²) < 4.78 is 3.75. The van der Waals surface area contributed by atoms with Gasteiger partial charge in [0.1, 0.15) is 0 Å². The van der Waals surface area contributed by atoms with Gasteiger partial charge in [0.05, 0.1) is 0 Å². The Hall–Kier alpha value is -2.32. The molecule has 0 saturated carbocycles. The van der Waals surface area contributed by atoms with Crippen molar-refractivity contribution >= 4 is 33.0 Å². The van der Waals surface area contributed by atoms with Gasteiger partial charge >= 0.3 is 169 Å². The van der Waals surface area contributed by atoms with Crippen LogP contribution in [0.1, 0.15) is 26.5 Å². The molecule has 129 valence electrons. The van der Waals surface area contributed by atoms with Crippen LogP contribution in [0.15, 0.2) is 109 Å². The van der Waals surface area contributed by atoms with E-state index in [0.29, 0.717) is 9.85 Å². The zero-order valence-electron chi connectivity index (χ0n) is 15.1. The molecule has 0 heterocycles. The summed E-state index contributed by atoms with van der Waals surface area (Å²) in [4.78, 5) is 0. The zero-order chi connectivity index (χ0) is 18.1. The van der Waals surface area contributed by atoms with E-state index in [1.807, 2.05) is 0 Å². The number of fused-ring (bicyclic) bond motifs is 1. The van der Waals surface area contributed by atoms with E-state index in [9.17, 15) is 0 Å². The Labute approximate surface area is 168 Å². The van der Waals surface area contributed by atoms with E-state index >= 15 is 0 Å². The van der Waals surface area contributed by atoms with Crippen LogP contribution in [0.3, 0.4) is 0 Å². The molecule has 0 aromatic heterocycles. The fraction of sp³-hybridized carbons (Fsp3) is 0.0769. The summed E-state index contributed by atoms with van der Waals surface area (Å²) in [5, 5.41) is 0. The van der Waals surface area contributed by atoms with Gasteiger partial charge in [0.15, 0.2) is 0 Å². The molecule has 3 aromatic rings. The van der Waals surface area contributed by atoms with Crippen molar-refractivity contribution in [3.63, 3.8) is 0 Å². The van der Waals surface area contributed by atoms with Gasteiger partial charge in [-0.2, -0.15) is 0 Å². The van der Waals surface area contributed by atoms with Gasteiger partial charge in [-0.05, 0) is 0 Å². The van der Waals surface area contributed by atoms with Crippen LogP contribution in [0, 0.1) is 0 Å². The van der Waals surface area contributed by atoms with Crippen molar-refractivity contribution in [2.24, 2.45) is 0 Å². The van der Waals surface area contributed by atoms with E-state index in [-0.39, 0.29) is 0 Å². The van der Waals surface area contributed by atoms with E-state index in [4.69, 9.17) is 0 Å². The molecule has 0 nitrogen and oxygen atoms in total. The van der Waals surface area contributed by atoms with Crippen molar-refractivity contribution in [1.29, 1.82) is 0 Å². The molecule has 2 aliphatic carbocycles. The molecule has 0 fully saturated rings. The van der Waals surface area contributed by atoms with Crippen molar-refractivity contribution < 1.29 is 0 Å². The van der Waals surface area contributed by atoms with Crippen molar-refractivity contribution in [1.82, 2.24) is 0 Å². The number of hydrogen-bond donors (Lipinski definition) is 0. The second kappa shape index (κ2) is 7.36. The third-order valence-corrected chi connectivity index (χ3v) is 14.4. The molecule has 1 unspecified atom stereocenters. The summed E-state index contributed by atoms with van der Waals surface area (Å²) in [6.07, 6.45) is 13.8. The van der Waals surface area contributed by atoms with E-state index in [2.05, 4.69) is 115 Å². The quantitative estimate of drug-likeness (QED) is 0.497. The van der Waals surface area contributed by atoms with Gasteiger partial charge in [0.2, 0.25) is 0 Å². The van der Waals surface area contributed by atoms with Crippen molar-refractivity contribution in [2.75, 3.05) is 0 Å². The summed E-state index contributed by atoms with van der Waals surface area (Å²) in [5.41, 5.74) is 4.41. The van der Waals surface area contributed by atoms with Crippen LogP contribution >= 0.6 is 0 Å². The van der Waals surface area contributed by atoms with Crippen molar-refractivity contribution in [3.05, 3.63) is 126 Å². The summed E-state index contributed by atoms with van der Waals surface area (Å²) in [6, 6.07) is 29.4. The van der Waals surface area contributed by atoms with Crippen LogP contribution < -0.4 is 7.16 Å². The normalized spacial score (nSPS) is 17.7. The Morgan fingerprint density at radius 2 is 1.26 bits per heavy atom. The third kappa shape index (κ3) is 3.12. The summed E-state index contributed by atoms with van der Waals surface area (Å²) in [7, 11) is 0. The predicted molar refractivity (Wildman–Crippen MR) is 117 cm³/mol. The number of hydrogen-bond acceptors (Lipinski definition) is 0. The number of rotatable bonds is 4. The molecule has 1 atom stereocenters. The average molecular weight is 452 g/mol. The minimum absolute atomic E-state index is 0.418. The first-order chi connectivity index (χ1) is 13.4. The van der Waals surface area contributed by atoms with Gasteiger partial charge in [-0.25, -0.2) is 0 Å². The second-order valence-electron chi connectivity index (χ2n) is 7.13. The van der Waals surface area contributed by atoms with Gasteiger partial charge in [-0.1, -0.05) is 0 Å². The van der Waals surface area contributed by atoms with Crippen LogP contribution in [0.2, 0.25) is 0 Å². The Morgan fingerprint density at radius 3 is 2.07 bits per heavy atom. The molecule has 0 spiro atoms. The molecule has 27 heavy (non-hydrogen) atoms. The molecule has 0 saturated heterocycles. The molecule has 0 bridgehead atoms. The molecule has 2 aliphatic rings. The van der Waals surface area contributed by atoms with Gasteiger partial charge in [-0.3, -0.25) is 0 Å². The Bertz CT molecular complexity index is 1030. The van der Waals surface area contributed by atoms with E-state index in [1.54, 1.807) is 7.16 Å². The fourth-order valence-corrected chi connectivity index (χ4v) is 13.6. The Kier molecular flexibility index (Phi) is 4.59. The maximum atomic E-state index is 2.48. The van der Waals surface area contributed by atoms with Crippen LogP contribution in [0.25, 0.3) is 6.08 Å². The molecule has 3 aromatic carbocycles. The average Bonchev–Trinajstić information content (AvgIpc) is 3.40. The van der Waals surface area contributed by atoms with Gasteiger partial charge in [0, 0.05) is 0 Å². The maximum absolute atomic E-state index is 2.48. The van der Waals surface area contributed by atoms with Crippen molar-refractivity contribution in [2.45, 2.75) is 9.85 Å². The Morgan fingerprint density at radius 1 is 0.593 bits per heavy atom. The molecular weight excluding hydrogens is 431 g/mol. The van der Waals surface area contributed by atoms with Gasteiger partial charge in [0.25, 0.3) is 0 Å². The van der Waals surface area contributed by atoms with Crippen LogP contribution in [-0.4, -0.2) is 19.8 Å². The first-order valence-electron chi connectivity index (χ1n) is 9.55. The predicted octanol–water partition coefficient (Wildman–Crippen LogP) is 4.86. The van der Waals surface area contributed by atoms with Crippen LogP contribution in [0.5, 0.6) is 0 Å². The van der Waals surface area contributed by atoms with Crippen LogP contribution in [-0.2, 0) is 0 Å². The fourth-order valence-electron chi connectivity index (χ4n) is 4.29. The topological polar surface area (TPSA) is 0 Å². The molecule has 0 amide bonds. The van der Waals surface area contributed by atoms with E-state index in [1.165, 1.54) is 16.7 Å². The first-order valence-corrected chi connectivity index (χ1v) is 14.1. The molecular formula is C26H21Sn. The standard InChI is InChI=1S/C11H9.C9H7.C6H5.Sn/c1-2-6-10(7-3-1)11-8-4-5-9-11;1-2-5-9-7-3-6-8(9)4-1;1-2-4-6-5-3-1;/h1-6,8-9,11H;1-7H;1-5H;. The van der Waals surface area contributed by atoms with Gasteiger partial charge < -0.3 is 0 Å². The van der Waals surface area contributed by atoms with Crippen molar-refractivity contribution in [3.8, 4) is 0 Å². The SMILES string of the molecule is C1=CC(c2cccc[c]2[Sn]([c]2ccccc2)[CH]2C=Cc3ccccc32)C=C1. The first kappa shape index (κ1) is 16.8. The number of allylic oxidation sites excluding steroid dienone is 5. The van der Waals surface area contributed by atoms with E-state index < -0.39 is 19.8 Å². The van der Waals surface area contributed by atoms with E-state index in [0.717, 1.165) is 0 Å².